The number of hydrogen-bond donors (Lipinski definition) is 4. The van der Waals surface area contributed by atoms with Crippen LogP contribution >= 0.6 is 0 Å². The quantitative estimate of drug-likeness (QED) is 0.0458. The molecule has 1 aliphatic rings. The molecule has 4 N–H and O–H groups in total. The Morgan fingerprint density at radius 2 is 0.807 bits per heavy atom. The minimum Gasteiger partial charge on any atom is -0.394 e. The standard InChI is InChI=1S/C49H98O8/c1-36(2)17-11-19-38(5)21-13-23-40(7)25-15-27-42(9)29-31-54-34-44(35-56-49-48(53)47(52)46(51)45(33-50)57-49)55-32-30-43(10)28-16-26-41(8)24-14-22-39(6)20-12-18-37(3)4/h36-53H,11-35H2,1-10H3/t38?,39?,40?,41?,42?,43?,44?,45-,46-,47+,48-,49-/m1/s1. The first-order valence-electron chi connectivity index (χ1n) is 24.2. The molecule has 1 aliphatic heterocycles. The summed E-state index contributed by atoms with van der Waals surface area (Å²) in [6, 6.07) is 0. The third-order valence-corrected chi connectivity index (χ3v) is 12.8. The third kappa shape index (κ3) is 28.0. The maximum atomic E-state index is 10.5. The lowest BCUT2D eigenvalue weighted by Crippen LogP contribution is -2.59. The van der Waals surface area contributed by atoms with Crippen molar-refractivity contribution in [3.63, 3.8) is 0 Å². The molecule has 0 bridgehead atoms. The molecule has 342 valence electrons. The van der Waals surface area contributed by atoms with Gasteiger partial charge in [0.05, 0.1) is 19.8 Å². The van der Waals surface area contributed by atoms with Crippen molar-refractivity contribution in [3.8, 4) is 0 Å². The molecular weight excluding hydrogens is 717 g/mol. The minimum absolute atomic E-state index is 0.106. The number of aliphatic hydroxyl groups is 4. The van der Waals surface area contributed by atoms with Crippen LogP contribution in [0, 0.1) is 47.3 Å². The van der Waals surface area contributed by atoms with E-state index in [1.807, 2.05) is 0 Å². The third-order valence-electron chi connectivity index (χ3n) is 12.8. The summed E-state index contributed by atoms with van der Waals surface area (Å²) in [6.45, 7) is 24.8. The topological polar surface area (TPSA) is 118 Å². The Bertz CT molecular complexity index is 901. The second-order valence-electron chi connectivity index (χ2n) is 20.2. The smallest absolute Gasteiger partial charge is 0.186 e. The maximum absolute atomic E-state index is 10.5. The van der Waals surface area contributed by atoms with Crippen molar-refractivity contribution in [1.82, 2.24) is 0 Å². The van der Waals surface area contributed by atoms with Crippen LogP contribution in [0.1, 0.15) is 198 Å². The Kier molecular flexibility index (Phi) is 32.0. The highest BCUT2D eigenvalue weighted by Gasteiger charge is 2.44. The van der Waals surface area contributed by atoms with Crippen molar-refractivity contribution < 1.29 is 39.4 Å². The van der Waals surface area contributed by atoms with E-state index in [1.54, 1.807) is 0 Å². The van der Waals surface area contributed by atoms with Crippen LogP contribution in [0.4, 0.5) is 0 Å². The molecule has 8 nitrogen and oxygen atoms in total. The van der Waals surface area contributed by atoms with Crippen LogP contribution in [0.15, 0.2) is 0 Å². The second-order valence-corrected chi connectivity index (χ2v) is 20.2. The number of rotatable bonds is 37. The summed E-state index contributed by atoms with van der Waals surface area (Å²) in [6.07, 6.45) is 18.9. The first kappa shape index (κ1) is 54.7. The van der Waals surface area contributed by atoms with E-state index < -0.39 is 37.3 Å². The molecule has 7 unspecified atom stereocenters. The fraction of sp³-hybridized carbons (Fsp3) is 1.00. The highest BCUT2D eigenvalue weighted by Crippen LogP contribution is 2.26. The molecule has 0 aliphatic carbocycles. The van der Waals surface area contributed by atoms with E-state index in [0.717, 1.165) is 48.3 Å². The lowest BCUT2D eigenvalue weighted by Gasteiger charge is -2.40. The van der Waals surface area contributed by atoms with Gasteiger partial charge in [-0.15, -0.1) is 0 Å². The number of ether oxygens (including phenoxy) is 4. The molecule has 0 aromatic rings. The Morgan fingerprint density at radius 3 is 1.19 bits per heavy atom. The normalized spacial score (nSPS) is 24.1. The molecule has 1 fully saturated rings. The van der Waals surface area contributed by atoms with E-state index in [-0.39, 0.29) is 12.7 Å². The summed E-state index contributed by atoms with van der Waals surface area (Å²) >= 11 is 0. The first-order chi connectivity index (χ1) is 27.1. The van der Waals surface area contributed by atoms with E-state index in [0.29, 0.717) is 31.7 Å². The van der Waals surface area contributed by atoms with Crippen LogP contribution in [0.25, 0.3) is 0 Å². The zero-order chi connectivity index (χ0) is 42.6. The Balaban J connectivity index is 2.43. The van der Waals surface area contributed by atoms with E-state index in [9.17, 15) is 20.4 Å². The summed E-state index contributed by atoms with van der Waals surface area (Å²) < 4.78 is 23.9. The van der Waals surface area contributed by atoms with Crippen molar-refractivity contribution in [1.29, 1.82) is 0 Å². The monoisotopic (exact) mass is 815 g/mol. The van der Waals surface area contributed by atoms with Gasteiger partial charge in [0.1, 0.15) is 30.5 Å². The van der Waals surface area contributed by atoms with Gasteiger partial charge in [0.15, 0.2) is 6.29 Å². The first-order valence-corrected chi connectivity index (χ1v) is 24.2. The summed E-state index contributed by atoms with van der Waals surface area (Å²) in [4.78, 5) is 0. The van der Waals surface area contributed by atoms with E-state index in [2.05, 4.69) is 69.2 Å². The zero-order valence-corrected chi connectivity index (χ0v) is 39.2. The van der Waals surface area contributed by atoms with Crippen molar-refractivity contribution in [2.75, 3.05) is 33.0 Å². The van der Waals surface area contributed by atoms with E-state index >= 15 is 0 Å². The van der Waals surface area contributed by atoms with Gasteiger partial charge in [0, 0.05) is 13.2 Å². The average Bonchev–Trinajstić information content (AvgIpc) is 3.14. The summed E-state index contributed by atoms with van der Waals surface area (Å²) in [5, 5.41) is 40.5. The van der Waals surface area contributed by atoms with Gasteiger partial charge in [0.2, 0.25) is 0 Å². The van der Waals surface area contributed by atoms with Crippen molar-refractivity contribution in [3.05, 3.63) is 0 Å². The average molecular weight is 815 g/mol. The Hall–Kier alpha value is -0.320. The summed E-state index contributed by atoms with van der Waals surface area (Å²) in [7, 11) is 0. The van der Waals surface area contributed by atoms with Crippen LogP contribution in [0.2, 0.25) is 0 Å². The van der Waals surface area contributed by atoms with Gasteiger partial charge < -0.3 is 39.4 Å². The van der Waals surface area contributed by atoms with Crippen molar-refractivity contribution in [2.45, 2.75) is 234 Å². The van der Waals surface area contributed by atoms with Gasteiger partial charge in [-0.05, 0) is 60.2 Å². The molecule has 0 aromatic heterocycles. The molecule has 0 saturated carbocycles. The molecule has 1 rings (SSSR count). The van der Waals surface area contributed by atoms with Crippen molar-refractivity contribution >= 4 is 0 Å². The molecule has 1 saturated heterocycles. The summed E-state index contributed by atoms with van der Waals surface area (Å²) in [5.74, 6) is 6.04. The Morgan fingerprint density at radius 1 is 0.439 bits per heavy atom. The molecular formula is C49H98O8. The van der Waals surface area contributed by atoms with Gasteiger partial charge in [-0.25, -0.2) is 0 Å². The molecule has 1 heterocycles. The van der Waals surface area contributed by atoms with Crippen molar-refractivity contribution in [2.24, 2.45) is 47.3 Å². The van der Waals surface area contributed by atoms with Crippen LogP contribution in [0.5, 0.6) is 0 Å². The lowest BCUT2D eigenvalue weighted by molar-refractivity contribution is -0.306. The van der Waals surface area contributed by atoms with Gasteiger partial charge in [0.25, 0.3) is 0 Å². The molecule has 8 heteroatoms. The minimum atomic E-state index is -1.47. The van der Waals surface area contributed by atoms with Gasteiger partial charge in [-0.3, -0.25) is 0 Å². The van der Waals surface area contributed by atoms with Gasteiger partial charge in [-0.1, -0.05) is 185 Å². The van der Waals surface area contributed by atoms with Crippen LogP contribution in [-0.2, 0) is 18.9 Å². The highest BCUT2D eigenvalue weighted by atomic mass is 16.7. The van der Waals surface area contributed by atoms with E-state index in [1.165, 1.54) is 116 Å². The van der Waals surface area contributed by atoms with Crippen LogP contribution in [-0.4, -0.2) is 90.3 Å². The molecule has 0 radical (unpaired) electrons. The Labute approximate surface area is 353 Å². The predicted octanol–water partition coefficient (Wildman–Crippen LogP) is 11.1. The second kappa shape index (κ2) is 33.3. The lowest BCUT2D eigenvalue weighted by atomic mass is 9.91. The fourth-order valence-corrected chi connectivity index (χ4v) is 8.36. The summed E-state index contributed by atoms with van der Waals surface area (Å²) in [5.41, 5.74) is 0. The van der Waals surface area contributed by atoms with E-state index in [4.69, 9.17) is 18.9 Å². The number of aliphatic hydroxyl groups excluding tert-OH is 4. The largest absolute Gasteiger partial charge is 0.394 e. The molecule has 12 atom stereocenters. The number of hydrogen-bond acceptors (Lipinski definition) is 8. The molecule has 0 aromatic carbocycles. The molecule has 57 heavy (non-hydrogen) atoms. The molecule has 0 amide bonds. The maximum Gasteiger partial charge on any atom is 0.186 e. The van der Waals surface area contributed by atoms with Gasteiger partial charge in [-0.2, -0.15) is 0 Å². The van der Waals surface area contributed by atoms with Gasteiger partial charge >= 0.3 is 0 Å². The van der Waals surface area contributed by atoms with Crippen LogP contribution in [0.3, 0.4) is 0 Å². The highest BCUT2D eigenvalue weighted by molar-refractivity contribution is 4.89. The predicted molar refractivity (Wildman–Crippen MR) is 237 cm³/mol. The SMILES string of the molecule is CC(C)CCCC(C)CCCC(C)CCCC(C)CCOCC(CO[C@@H]1O[C@H](CO)[C@@H](O)[C@H](O)[C@H]1O)OCCC(C)CCCC(C)CCCC(C)CCCC(C)C. The molecule has 0 spiro atoms. The zero-order valence-electron chi connectivity index (χ0n) is 39.2. The fourth-order valence-electron chi connectivity index (χ4n) is 8.36. The van der Waals surface area contributed by atoms with Crippen LogP contribution < -0.4 is 0 Å².